The van der Waals surface area contributed by atoms with Gasteiger partial charge in [0.05, 0.1) is 6.54 Å². The maximum atomic E-state index is 13.1. The van der Waals surface area contributed by atoms with E-state index in [1.54, 1.807) is 12.4 Å². The molecule has 1 fully saturated rings. The van der Waals surface area contributed by atoms with Gasteiger partial charge in [-0.15, -0.1) is 0 Å². The highest BCUT2D eigenvalue weighted by molar-refractivity contribution is 5.78. The molecule has 0 saturated carbocycles. The largest absolute Gasteiger partial charge is 0.351 e. The molecule has 1 aliphatic heterocycles. The normalized spacial score (nSPS) is 20.9. The number of rotatable bonds is 5. The SMILES string of the molecule is CC1CC(c2ccc(F)cc2)CN1CC(=O)NCc1cccnc1. The third kappa shape index (κ3) is 4.17. The Bertz CT molecular complexity index is 675. The van der Waals surface area contributed by atoms with E-state index in [1.807, 2.05) is 24.3 Å². The number of nitrogens with one attached hydrogen (secondary N) is 1. The van der Waals surface area contributed by atoms with Crippen molar-refractivity contribution < 1.29 is 9.18 Å². The van der Waals surface area contributed by atoms with Gasteiger partial charge in [-0.2, -0.15) is 0 Å². The van der Waals surface area contributed by atoms with Gasteiger partial charge in [0, 0.05) is 31.5 Å². The number of carbonyl (C=O) groups is 1. The summed E-state index contributed by atoms with van der Waals surface area (Å²) in [6.07, 6.45) is 4.46. The molecule has 2 atom stereocenters. The smallest absolute Gasteiger partial charge is 0.234 e. The van der Waals surface area contributed by atoms with E-state index in [4.69, 9.17) is 0 Å². The Morgan fingerprint density at radius 2 is 2.12 bits per heavy atom. The first-order valence-electron chi connectivity index (χ1n) is 8.27. The van der Waals surface area contributed by atoms with E-state index in [-0.39, 0.29) is 11.7 Å². The average Bonchev–Trinajstić information content (AvgIpc) is 2.95. The lowest BCUT2D eigenvalue weighted by molar-refractivity contribution is -0.122. The molecule has 1 aliphatic rings. The van der Waals surface area contributed by atoms with Crippen LogP contribution in [-0.4, -0.2) is 34.9 Å². The number of likely N-dealkylation sites (tertiary alicyclic amines) is 1. The number of carbonyl (C=O) groups excluding carboxylic acids is 1. The number of hydrogen-bond donors (Lipinski definition) is 1. The first kappa shape index (κ1) is 16.6. The second-order valence-electron chi connectivity index (χ2n) is 6.40. The van der Waals surface area contributed by atoms with Crippen molar-refractivity contribution in [3.05, 3.63) is 65.7 Å². The van der Waals surface area contributed by atoms with Crippen LogP contribution in [0.4, 0.5) is 4.39 Å². The fraction of sp³-hybridized carbons (Fsp3) is 0.368. The molecule has 1 amide bonds. The minimum Gasteiger partial charge on any atom is -0.351 e. The van der Waals surface area contributed by atoms with E-state index < -0.39 is 0 Å². The maximum Gasteiger partial charge on any atom is 0.234 e. The Morgan fingerprint density at radius 1 is 1.33 bits per heavy atom. The molecule has 5 heteroatoms. The van der Waals surface area contributed by atoms with Gasteiger partial charge in [0.15, 0.2) is 0 Å². The van der Waals surface area contributed by atoms with Crippen LogP contribution in [0.5, 0.6) is 0 Å². The lowest BCUT2D eigenvalue weighted by Crippen LogP contribution is -2.38. The average molecular weight is 327 g/mol. The minimum absolute atomic E-state index is 0.0189. The number of halogens is 1. The van der Waals surface area contributed by atoms with Crippen LogP contribution in [0, 0.1) is 5.82 Å². The van der Waals surface area contributed by atoms with Gasteiger partial charge in [0.2, 0.25) is 5.91 Å². The fourth-order valence-electron chi connectivity index (χ4n) is 3.24. The van der Waals surface area contributed by atoms with E-state index in [0.717, 1.165) is 24.1 Å². The number of amides is 1. The highest BCUT2D eigenvalue weighted by Crippen LogP contribution is 2.31. The monoisotopic (exact) mass is 327 g/mol. The van der Waals surface area contributed by atoms with E-state index in [2.05, 4.69) is 22.1 Å². The van der Waals surface area contributed by atoms with Crippen molar-refractivity contribution >= 4 is 5.91 Å². The molecular weight excluding hydrogens is 305 g/mol. The summed E-state index contributed by atoms with van der Waals surface area (Å²) >= 11 is 0. The fourth-order valence-corrected chi connectivity index (χ4v) is 3.24. The third-order valence-corrected chi connectivity index (χ3v) is 4.60. The molecule has 2 aromatic rings. The number of hydrogen-bond acceptors (Lipinski definition) is 3. The summed E-state index contributed by atoms with van der Waals surface area (Å²) in [7, 11) is 0. The molecular formula is C19H22FN3O. The van der Waals surface area contributed by atoms with E-state index >= 15 is 0 Å². The van der Waals surface area contributed by atoms with Gasteiger partial charge in [-0.1, -0.05) is 18.2 Å². The van der Waals surface area contributed by atoms with Crippen LogP contribution in [0.25, 0.3) is 0 Å². The maximum absolute atomic E-state index is 13.1. The topological polar surface area (TPSA) is 45.2 Å². The molecule has 1 N–H and O–H groups in total. The van der Waals surface area contributed by atoms with Gasteiger partial charge in [0.25, 0.3) is 0 Å². The molecule has 4 nitrogen and oxygen atoms in total. The van der Waals surface area contributed by atoms with Crippen LogP contribution in [0.3, 0.4) is 0 Å². The summed E-state index contributed by atoms with van der Waals surface area (Å²) in [5, 5.41) is 2.94. The number of nitrogens with zero attached hydrogens (tertiary/aromatic N) is 2. The Balaban J connectivity index is 1.51. The van der Waals surface area contributed by atoms with E-state index in [0.29, 0.717) is 25.0 Å². The van der Waals surface area contributed by atoms with Crippen LogP contribution < -0.4 is 5.32 Å². The van der Waals surface area contributed by atoms with Crippen molar-refractivity contribution in [2.24, 2.45) is 0 Å². The first-order valence-corrected chi connectivity index (χ1v) is 8.27. The molecule has 1 aromatic carbocycles. The Morgan fingerprint density at radius 3 is 2.83 bits per heavy atom. The quantitative estimate of drug-likeness (QED) is 0.918. The van der Waals surface area contributed by atoms with Crippen molar-refractivity contribution in [3.8, 4) is 0 Å². The van der Waals surface area contributed by atoms with Gasteiger partial charge in [-0.3, -0.25) is 14.7 Å². The molecule has 0 aliphatic carbocycles. The predicted molar refractivity (Wildman–Crippen MR) is 90.9 cm³/mol. The molecule has 126 valence electrons. The molecule has 3 rings (SSSR count). The second kappa shape index (κ2) is 7.53. The van der Waals surface area contributed by atoms with Gasteiger partial charge >= 0.3 is 0 Å². The van der Waals surface area contributed by atoms with Crippen LogP contribution in [-0.2, 0) is 11.3 Å². The Kier molecular flexibility index (Phi) is 5.20. The van der Waals surface area contributed by atoms with Crippen LogP contribution in [0.1, 0.15) is 30.4 Å². The molecule has 2 unspecified atom stereocenters. The van der Waals surface area contributed by atoms with Gasteiger partial charge < -0.3 is 5.32 Å². The second-order valence-corrected chi connectivity index (χ2v) is 6.40. The lowest BCUT2D eigenvalue weighted by atomic mass is 9.97. The zero-order valence-corrected chi connectivity index (χ0v) is 13.8. The summed E-state index contributed by atoms with van der Waals surface area (Å²) in [5.41, 5.74) is 2.13. The van der Waals surface area contributed by atoms with Crippen molar-refractivity contribution in [2.75, 3.05) is 13.1 Å². The number of aromatic nitrogens is 1. The standard InChI is InChI=1S/C19H22FN3O/c1-14-9-17(16-4-6-18(20)7-5-16)12-23(14)13-19(24)22-11-15-3-2-8-21-10-15/h2-8,10,14,17H,9,11-13H2,1H3,(H,22,24). The summed E-state index contributed by atoms with van der Waals surface area (Å²) in [5.74, 6) is 0.161. The summed E-state index contributed by atoms with van der Waals surface area (Å²) in [6.45, 7) is 3.85. The molecule has 0 spiro atoms. The Hall–Kier alpha value is -2.27. The first-order chi connectivity index (χ1) is 11.6. The predicted octanol–water partition coefficient (Wildman–Crippen LogP) is 2.71. The highest BCUT2D eigenvalue weighted by Gasteiger charge is 2.31. The third-order valence-electron chi connectivity index (χ3n) is 4.60. The van der Waals surface area contributed by atoms with Crippen molar-refractivity contribution in [3.63, 3.8) is 0 Å². The minimum atomic E-state index is -0.212. The lowest BCUT2D eigenvalue weighted by Gasteiger charge is -2.20. The molecule has 2 heterocycles. The van der Waals surface area contributed by atoms with Gasteiger partial charge in [-0.25, -0.2) is 4.39 Å². The molecule has 0 bridgehead atoms. The van der Waals surface area contributed by atoms with Gasteiger partial charge in [0.1, 0.15) is 5.82 Å². The molecule has 1 saturated heterocycles. The van der Waals surface area contributed by atoms with Gasteiger partial charge in [-0.05, 0) is 48.6 Å². The number of pyridine rings is 1. The van der Waals surface area contributed by atoms with E-state index in [1.165, 1.54) is 12.1 Å². The summed E-state index contributed by atoms with van der Waals surface area (Å²) in [4.78, 5) is 18.4. The zero-order chi connectivity index (χ0) is 16.9. The van der Waals surface area contributed by atoms with Crippen LogP contribution in [0.2, 0.25) is 0 Å². The Labute approximate surface area is 141 Å². The number of benzene rings is 1. The molecule has 1 aromatic heterocycles. The summed E-state index contributed by atoms with van der Waals surface area (Å²) < 4.78 is 13.1. The van der Waals surface area contributed by atoms with Crippen LogP contribution in [0.15, 0.2) is 48.8 Å². The van der Waals surface area contributed by atoms with Crippen molar-refractivity contribution in [1.29, 1.82) is 0 Å². The van der Waals surface area contributed by atoms with Crippen molar-refractivity contribution in [1.82, 2.24) is 15.2 Å². The van der Waals surface area contributed by atoms with Crippen LogP contribution >= 0.6 is 0 Å². The highest BCUT2D eigenvalue weighted by atomic mass is 19.1. The molecule has 0 radical (unpaired) electrons. The summed E-state index contributed by atoms with van der Waals surface area (Å²) in [6, 6.07) is 10.8. The van der Waals surface area contributed by atoms with Crippen molar-refractivity contribution in [2.45, 2.75) is 31.8 Å². The zero-order valence-electron chi connectivity index (χ0n) is 13.8. The molecule has 24 heavy (non-hydrogen) atoms. The van der Waals surface area contributed by atoms with E-state index in [9.17, 15) is 9.18 Å².